The van der Waals surface area contributed by atoms with Crippen LogP contribution in [0.3, 0.4) is 0 Å². The molecule has 102 valence electrons. The quantitative estimate of drug-likeness (QED) is 0.722. The molecule has 0 amide bonds. The van der Waals surface area contributed by atoms with Gasteiger partial charge in [0.05, 0.1) is 0 Å². The van der Waals surface area contributed by atoms with Crippen molar-refractivity contribution in [2.75, 3.05) is 18.1 Å². The van der Waals surface area contributed by atoms with E-state index in [-0.39, 0.29) is 5.82 Å². The molecule has 18 heavy (non-hydrogen) atoms. The predicted octanol–water partition coefficient (Wildman–Crippen LogP) is 4.14. The van der Waals surface area contributed by atoms with Crippen LogP contribution in [0.15, 0.2) is 18.2 Å². The average Bonchev–Trinajstić information content (AvgIpc) is 2.34. The van der Waals surface area contributed by atoms with Crippen molar-refractivity contribution < 1.29 is 4.39 Å². The van der Waals surface area contributed by atoms with Crippen LogP contribution >= 0.6 is 23.4 Å². The van der Waals surface area contributed by atoms with Crippen LogP contribution < -0.4 is 5.32 Å². The summed E-state index contributed by atoms with van der Waals surface area (Å²) < 4.78 is 13.7. The first-order valence-electron chi connectivity index (χ1n) is 6.42. The maximum Gasteiger partial charge on any atom is 0.126 e. The second-order valence-corrected chi connectivity index (χ2v) is 5.86. The number of thioether (sulfide) groups is 1. The summed E-state index contributed by atoms with van der Waals surface area (Å²) in [6, 6.07) is 5.07. The lowest BCUT2D eigenvalue weighted by atomic mass is 10.1. The standard InChI is InChI=1S/C14H21ClFNS/c1-3-7-18-10-13(17-4-2)9-11-8-12(15)5-6-14(11)16/h5-6,8,13,17H,3-4,7,9-10H2,1-2H3. The summed E-state index contributed by atoms with van der Waals surface area (Å²) in [5, 5.41) is 4.01. The first-order valence-corrected chi connectivity index (χ1v) is 7.95. The van der Waals surface area contributed by atoms with E-state index in [0.717, 1.165) is 18.1 Å². The topological polar surface area (TPSA) is 12.0 Å². The lowest BCUT2D eigenvalue weighted by Crippen LogP contribution is -2.33. The van der Waals surface area contributed by atoms with Gasteiger partial charge in [-0.15, -0.1) is 0 Å². The van der Waals surface area contributed by atoms with E-state index < -0.39 is 0 Å². The van der Waals surface area contributed by atoms with E-state index in [2.05, 4.69) is 19.2 Å². The maximum absolute atomic E-state index is 13.7. The molecule has 0 heterocycles. The second kappa shape index (κ2) is 8.78. The van der Waals surface area contributed by atoms with Gasteiger partial charge in [-0.1, -0.05) is 25.4 Å². The molecule has 1 atom stereocenters. The zero-order valence-electron chi connectivity index (χ0n) is 11.0. The molecule has 0 aliphatic carbocycles. The van der Waals surface area contributed by atoms with Gasteiger partial charge in [-0.05, 0) is 48.9 Å². The van der Waals surface area contributed by atoms with E-state index in [1.807, 2.05) is 11.8 Å². The van der Waals surface area contributed by atoms with Gasteiger partial charge in [0, 0.05) is 16.8 Å². The molecule has 0 radical (unpaired) electrons. The molecule has 0 aromatic heterocycles. The van der Waals surface area contributed by atoms with E-state index in [1.165, 1.54) is 12.5 Å². The van der Waals surface area contributed by atoms with Crippen LogP contribution in [-0.2, 0) is 6.42 Å². The van der Waals surface area contributed by atoms with Crippen LogP contribution in [0, 0.1) is 5.82 Å². The highest BCUT2D eigenvalue weighted by Gasteiger charge is 2.12. The van der Waals surface area contributed by atoms with Crippen molar-refractivity contribution in [3.05, 3.63) is 34.6 Å². The van der Waals surface area contributed by atoms with Crippen molar-refractivity contribution >= 4 is 23.4 Å². The molecule has 0 aliphatic rings. The highest BCUT2D eigenvalue weighted by atomic mass is 35.5. The Labute approximate surface area is 118 Å². The molecule has 0 fully saturated rings. The van der Waals surface area contributed by atoms with Gasteiger partial charge in [-0.25, -0.2) is 4.39 Å². The molecule has 0 saturated carbocycles. The molecule has 0 aliphatic heterocycles. The van der Waals surface area contributed by atoms with Gasteiger partial charge >= 0.3 is 0 Å². The minimum Gasteiger partial charge on any atom is -0.313 e. The third-order valence-corrected chi connectivity index (χ3v) is 4.20. The van der Waals surface area contributed by atoms with E-state index >= 15 is 0 Å². The Kier molecular flexibility index (Phi) is 7.71. The third-order valence-electron chi connectivity index (χ3n) is 2.63. The van der Waals surface area contributed by atoms with Gasteiger partial charge < -0.3 is 5.32 Å². The largest absolute Gasteiger partial charge is 0.313 e. The Morgan fingerprint density at radius 3 is 2.83 bits per heavy atom. The zero-order chi connectivity index (χ0) is 13.4. The van der Waals surface area contributed by atoms with Crippen molar-refractivity contribution in [1.82, 2.24) is 5.32 Å². The molecule has 1 aromatic carbocycles. The number of likely N-dealkylation sites (N-methyl/N-ethyl adjacent to an activating group) is 1. The summed E-state index contributed by atoms with van der Waals surface area (Å²) >= 11 is 7.82. The molecule has 4 heteroatoms. The van der Waals surface area contributed by atoms with Crippen molar-refractivity contribution in [2.24, 2.45) is 0 Å². The first kappa shape index (κ1) is 15.8. The fraction of sp³-hybridized carbons (Fsp3) is 0.571. The Morgan fingerprint density at radius 2 is 2.17 bits per heavy atom. The van der Waals surface area contributed by atoms with Gasteiger partial charge in [-0.2, -0.15) is 11.8 Å². The van der Waals surface area contributed by atoms with Gasteiger partial charge in [0.15, 0.2) is 0 Å². The van der Waals surface area contributed by atoms with Gasteiger partial charge in [0.2, 0.25) is 0 Å². The highest BCUT2D eigenvalue weighted by Crippen LogP contribution is 2.18. The Balaban J connectivity index is 2.60. The summed E-state index contributed by atoms with van der Waals surface area (Å²) in [4.78, 5) is 0. The van der Waals surface area contributed by atoms with Crippen LogP contribution in [0.25, 0.3) is 0 Å². The highest BCUT2D eigenvalue weighted by molar-refractivity contribution is 7.99. The second-order valence-electron chi connectivity index (χ2n) is 4.27. The van der Waals surface area contributed by atoms with E-state index in [9.17, 15) is 4.39 Å². The first-order chi connectivity index (χ1) is 8.67. The van der Waals surface area contributed by atoms with Crippen molar-refractivity contribution in [1.29, 1.82) is 0 Å². The molecule has 1 nitrogen and oxygen atoms in total. The number of nitrogens with one attached hydrogen (secondary N) is 1. The summed E-state index contributed by atoms with van der Waals surface area (Å²) in [6.45, 7) is 5.15. The zero-order valence-corrected chi connectivity index (χ0v) is 12.6. The van der Waals surface area contributed by atoms with Crippen molar-refractivity contribution in [3.8, 4) is 0 Å². The summed E-state index contributed by atoms with van der Waals surface area (Å²) in [5.41, 5.74) is 0.700. The molecule has 1 rings (SSSR count). The maximum atomic E-state index is 13.7. The molecule has 1 N–H and O–H groups in total. The summed E-state index contributed by atoms with van der Waals surface area (Å²) in [5.74, 6) is 2.00. The normalized spacial score (nSPS) is 12.7. The number of hydrogen-bond acceptors (Lipinski definition) is 2. The molecular weight excluding hydrogens is 269 g/mol. The summed E-state index contributed by atoms with van der Waals surface area (Å²) in [6.07, 6.45) is 1.87. The molecule has 0 bridgehead atoms. The van der Waals surface area contributed by atoms with Crippen LogP contribution in [0.4, 0.5) is 4.39 Å². The fourth-order valence-electron chi connectivity index (χ4n) is 1.81. The van der Waals surface area contributed by atoms with Crippen LogP contribution in [-0.4, -0.2) is 24.1 Å². The fourth-order valence-corrected chi connectivity index (χ4v) is 2.98. The number of halogens is 2. The minimum absolute atomic E-state index is 0.164. The SMILES string of the molecule is CCCSCC(Cc1cc(Cl)ccc1F)NCC. The van der Waals surface area contributed by atoms with Crippen LogP contribution in [0.2, 0.25) is 5.02 Å². The molecule has 0 spiro atoms. The number of benzene rings is 1. The number of rotatable bonds is 8. The van der Waals surface area contributed by atoms with E-state index in [1.54, 1.807) is 12.1 Å². The number of hydrogen-bond donors (Lipinski definition) is 1. The van der Waals surface area contributed by atoms with Gasteiger partial charge in [0.25, 0.3) is 0 Å². The monoisotopic (exact) mass is 289 g/mol. The van der Waals surface area contributed by atoms with Gasteiger partial charge in [-0.3, -0.25) is 0 Å². The van der Waals surface area contributed by atoms with Crippen molar-refractivity contribution in [3.63, 3.8) is 0 Å². The Bertz CT molecular complexity index is 360. The summed E-state index contributed by atoms with van der Waals surface area (Å²) in [7, 11) is 0. The predicted molar refractivity (Wildman–Crippen MR) is 80.2 cm³/mol. The molecule has 1 unspecified atom stereocenters. The van der Waals surface area contributed by atoms with Crippen LogP contribution in [0.1, 0.15) is 25.8 Å². The van der Waals surface area contributed by atoms with Crippen LogP contribution in [0.5, 0.6) is 0 Å². The Hall–Kier alpha value is -0.250. The molecule has 1 aromatic rings. The van der Waals surface area contributed by atoms with Crippen molar-refractivity contribution in [2.45, 2.75) is 32.7 Å². The Morgan fingerprint density at radius 1 is 1.39 bits per heavy atom. The molecule has 0 saturated heterocycles. The average molecular weight is 290 g/mol. The van der Waals surface area contributed by atoms with Gasteiger partial charge in [0.1, 0.15) is 5.82 Å². The third kappa shape index (κ3) is 5.59. The van der Waals surface area contributed by atoms with E-state index in [4.69, 9.17) is 11.6 Å². The minimum atomic E-state index is -0.164. The smallest absolute Gasteiger partial charge is 0.126 e. The molecular formula is C14H21ClFNS. The lowest BCUT2D eigenvalue weighted by molar-refractivity contribution is 0.545. The van der Waals surface area contributed by atoms with E-state index in [0.29, 0.717) is 23.0 Å². The lowest BCUT2D eigenvalue weighted by Gasteiger charge is -2.18.